The molecule has 0 radical (unpaired) electrons. The Morgan fingerprint density at radius 2 is 2.00 bits per heavy atom. The average molecular weight is 212 g/mol. The summed E-state index contributed by atoms with van der Waals surface area (Å²) in [6.07, 6.45) is 0. The van der Waals surface area contributed by atoms with Crippen LogP contribution in [0.3, 0.4) is 0 Å². The molecule has 0 aliphatic carbocycles. The van der Waals surface area contributed by atoms with Crippen LogP contribution in [0.15, 0.2) is 18.2 Å². The van der Waals surface area contributed by atoms with E-state index in [-0.39, 0.29) is 5.82 Å². The number of ether oxygens (including phenoxy) is 2. The Hall–Kier alpha value is -1.29. The first-order valence-corrected chi connectivity index (χ1v) is 4.88. The molecule has 0 unspecified atom stereocenters. The highest BCUT2D eigenvalue weighted by Crippen LogP contribution is 2.37. The maximum atomic E-state index is 13.6. The van der Waals surface area contributed by atoms with E-state index >= 15 is 0 Å². The second-order valence-electron chi connectivity index (χ2n) is 2.77. The van der Waals surface area contributed by atoms with Crippen molar-refractivity contribution in [1.29, 1.82) is 0 Å². The summed E-state index contributed by atoms with van der Waals surface area (Å²) >= 11 is 1.29. The second-order valence-corrected chi connectivity index (χ2v) is 3.78. The molecular formula is C10H9FO2S. The van der Waals surface area contributed by atoms with Gasteiger partial charge in [0.05, 0.1) is 14.2 Å². The Morgan fingerprint density at radius 1 is 1.21 bits per heavy atom. The van der Waals surface area contributed by atoms with Crippen LogP contribution < -0.4 is 9.47 Å². The minimum absolute atomic E-state index is 0.313. The first-order valence-electron chi connectivity index (χ1n) is 4.06. The van der Waals surface area contributed by atoms with Crippen molar-refractivity contribution in [3.63, 3.8) is 0 Å². The van der Waals surface area contributed by atoms with Crippen molar-refractivity contribution in [3.05, 3.63) is 24.0 Å². The fraction of sp³-hybridized carbons (Fsp3) is 0.200. The van der Waals surface area contributed by atoms with Crippen LogP contribution in [0.25, 0.3) is 10.1 Å². The molecule has 74 valence electrons. The second kappa shape index (κ2) is 3.46. The number of fused-ring (bicyclic) bond motifs is 1. The lowest BCUT2D eigenvalue weighted by atomic mass is 10.2. The smallest absolute Gasteiger partial charge is 0.211 e. The number of hydrogen-bond acceptors (Lipinski definition) is 3. The third-order valence-corrected chi connectivity index (χ3v) is 3.10. The van der Waals surface area contributed by atoms with E-state index in [1.54, 1.807) is 19.2 Å². The quantitative estimate of drug-likeness (QED) is 0.761. The van der Waals surface area contributed by atoms with Crippen LogP contribution in [0.2, 0.25) is 0 Å². The molecule has 14 heavy (non-hydrogen) atoms. The molecule has 0 saturated carbocycles. The van der Waals surface area contributed by atoms with E-state index in [1.165, 1.54) is 18.4 Å². The number of rotatable bonds is 2. The molecule has 0 bridgehead atoms. The summed E-state index contributed by atoms with van der Waals surface area (Å²) in [5.74, 6) is 0.336. The highest BCUT2D eigenvalue weighted by atomic mass is 32.1. The topological polar surface area (TPSA) is 18.5 Å². The van der Waals surface area contributed by atoms with Gasteiger partial charge in [-0.15, -0.1) is 0 Å². The molecule has 0 amide bonds. The molecule has 0 spiro atoms. The monoisotopic (exact) mass is 212 g/mol. The number of hydrogen-bond donors (Lipinski definition) is 0. The summed E-state index contributed by atoms with van der Waals surface area (Å²) < 4.78 is 24.4. The Kier molecular flexibility index (Phi) is 2.29. The minimum Gasteiger partial charge on any atom is -0.497 e. The molecule has 2 nitrogen and oxygen atoms in total. The molecule has 1 aromatic heterocycles. The highest BCUT2D eigenvalue weighted by molar-refractivity contribution is 7.20. The SMILES string of the molecule is COc1ccc2sc(OC)c(F)c2c1. The van der Waals surface area contributed by atoms with Gasteiger partial charge >= 0.3 is 0 Å². The predicted molar refractivity (Wildman–Crippen MR) is 54.9 cm³/mol. The van der Waals surface area contributed by atoms with Crippen LogP contribution in [-0.2, 0) is 0 Å². The molecule has 0 aliphatic heterocycles. The molecule has 0 N–H and O–H groups in total. The van der Waals surface area contributed by atoms with E-state index in [0.717, 1.165) is 4.70 Å². The zero-order chi connectivity index (χ0) is 10.1. The van der Waals surface area contributed by atoms with Crippen LogP contribution >= 0.6 is 11.3 Å². The summed E-state index contributed by atoms with van der Waals surface area (Å²) in [6.45, 7) is 0. The summed E-state index contributed by atoms with van der Waals surface area (Å²) in [5, 5.41) is 0.861. The Balaban J connectivity index is 2.68. The van der Waals surface area contributed by atoms with Crippen LogP contribution in [0.1, 0.15) is 0 Å². The summed E-state index contributed by atoms with van der Waals surface area (Å²) in [7, 11) is 3.02. The third-order valence-electron chi connectivity index (χ3n) is 1.99. The van der Waals surface area contributed by atoms with Gasteiger partial charge in [-0.05, 0) is 18.2 Å². The molecule has 0 fully saturated rings. The molecular weight excluding hydrogens is 203 g/mol. The van der Waals surface area contributed by atoms with Crippen molar-refractivity contribution in [3.8, 4) is 10.8 Å². The number of thiophene rings is 1. The van der Waals surface area contributed by atoms with Gasteiger partial charge in [0.15, 0.2) is 5.82 Å². The lowest BCUT2D eigenvalue weighted by Gasteiger charge is -1.97. The van der Waals surface area contributed by atoms with Gasteiger partial charge in [0.2, 0.25) is 5.06 Å². The maximum absolute atomic E-state index is 13.6. The van der Waals surface area contributed by atoms with Gasteiger partial charge < -0.3 is 9.47 Å². The predicted octanol–water partition coefficient (Wildman–Crippen LogP) is 3.06. The Bertz CT molecular complexity index is 464. The first kappa shape index (κ1) is 9.27. The molecule has 0 saturated heterocycles. The zero-order valence-corrected chi connectivity index (χ0v) is 8.65. The van der Waals surface area contributed by atoms with Gasteiger partial charge in [0.1, 0.15) is 5.75 Å². The number of halogens is 1. The van der Waals surface area contributed by atoms with Crippen molar-refractivity contribution in [2.24, 2.45) is 0 Å². The molecule has 1 aromatic carbocycles. The average Bonchev–Trinajstić information content (AvgIpc) is 2.55. The van der Waals surface area contributed by atoms with Crippen molar-refractivity contribution in [1.82, 2.24) is 0 Å². The van der Waals surface area contributed by atoms with E-state index in [9.17, 15) is 4.39 Å². The van der Waals surface area contributed by atoms with Crippen LogP contribution in [0.5, 0.6) is 10.8 Å². The van der Waals surface area contributed by atoms with E-state index < -0.39 is 0 Å². The van der Waals surface area contributed by atoms with Crippen LogP contribution in [0.4, 0.5) is 4.39 Å². The Labute approximate surface area is 84.9 Å². The fourth-order valence-electron chi connectivity index (χ4n) is 1.28. The highest BCUT2D eigenvalue weighted by Gasteiger charge is 2.12. The van der Waals surface area contributed by atoms with Gasteiger partial charge in [-0.25, -0.2) is 4.39 Å². The van der Waals surface area contributed by atoms with E-state index in [4.69, 9.17) is 9.47 Å². The van der Waals surface area contributed by atoms with E-state index in [2.05, 4.69) is 0 Å². The van der Waals surface area contributed by atoms with Gasteiger partial charge in [-0.2, -0.15) is 0 Å². The van der Waals surface area contributed by atoms with Crippen LogP contribution in [0, 0.1) is 5.82 Å². The van der Waals surface area contributed by atoms with Crippen molar-refractivity contribution < 1.29 is 13.9 Å². The summed E-state index contributed by atoms with van der Waals surface area (Å²) in [5.41, 5.74) is 0. The fourth-order valence-corrected chi connectivity index (χ4v) is 2.16. The largest absolute Gasteiger partial charge is 0.497 e. The Morgan fingerprint density at radius 3 is 2.64 bits per heavy atom. The number of benzene rings is 1. The summed E-state index contributed by atoms with van der Waals surface area (Å²) in [6, 6.07) is 5.30. The molecule has 0 atom stereocenters. The molecule has 0 aliphatic rings. The third kappa shape index (κ3) is 1.32. The van der Waals surface area contributed by atoms with Crippen molar-refractivity contribution >= 4 is 21.4 Å². The van der Waals surface area contributed by atoms with E-state index in [0.29, 0.717) is 16.2 Å². The lowest BCUT2D eigenvalue weighted by Crippen LogP contribution is -1.82. The van der Waals surface area contributed by atoms with Gasteiger partial charge in [0, 0.05) is 10.1 Å². The number of methoxy groups -OCH3 is 2. The lowest BCUT2D eigenvalue weighted by molar-refractivity contribution is 0.401. The summed E-state index contributed by atoms with van der Waals surface area (Å²) in [4.78, 5) is 0. The maximum Gasteiger partial charge on any atom is 0.211 e. The minimum atomic E-state index is -0.314. The normalized spacial score (nSPS) is 10.5. The van der Waals surface area contributed by atoms with Crippen molar-refractivity contribution in [2.45, 2.75) is 0 Å². The molecule has 2 aromatic rings. The molecule has 2 rings (SSSR count). The van der Waals surface area contributed by atoms with Crippen LogP contribution in [-0.4, -0.2) is 14.2 Å². The molecule has 4 heteroatoms. The van der Waals surface area contributed by atoms with Gasteiger partial charge in [0.25, 0.3) is 0 Å². The first-order chi connectivity index (χ1) is 6.76. The zero-order valence-electron chi connectivity index (χ0n) is 7.83. The van der Waals surface area contributed by atoms with Gasteiger partial charge in [-0.3, -0.25) is 0 Å². The molecule has 1 heterocycles. The standard InChI is InChI=1S/C10H9FO2S/c1-12-6-3-4-8-7(5-6)9(11)10(13-2)14-8/h3-5H,1-2H3. The van der Waals surface area contributed by atoms with Gasteiger partial charge in [-0.1, -0.05) is 11.3 Å². The van der Waals surface area contributed by atoms with Crippen molar-refractivity contribution in [2.75, 3.05) is 14.2 Å². The van der Waals surface area contributed by atoms with E-state index in [1.807, 2.05) is 6.07 Å².